The van der Waals surface area contributed by atoms with Crippen molar-refractivity contribution in [3.8, 4) is 11.5 Å². The Hall–Kier alpha value is -3.24. The number of para-hydroxylation sites is 2. The first-order valence-electron chi connectivity index (χ1n) is 9.51. The maximum Gasteiger partial charge on any atom is 0.262 e. The van der Waals surface area contributed by atoms with Crippen LogP contribution in [0.2, 0.25) is 0 Å². The number of ether oxygens (including phenoxy) is 2. The fourth-order valence-electron chi connectivity index (χ4n) is 3.17. The van der Waals surface area contributed by atoms with Crippen molar-refractivity contribution in [2.24, 2.45) is 0 Å². The van der Waals surface area contributed by atoms with Crippen molar-refractivity contribution in [3.05, 3.63) is 71.8 Å². The molecule has 0 aliphatic carbocycles. The van der Waals surface area contributed by atoms with E-state index in [2.05, 4.69) is 9.44 Å². The van der Waals surface area contributed by atoms with Crippen molar-refractivity contribution in [2.75, 3.05) is 23.7 Å². The van der Waals surface area contributed by atoms with Gasteiger partial charge in [0.15, 0.2) is 0 Å². The Morgan fingerprint density at radius 3 is 1.97 bits per heavy atom. The SMILES string of the molecule is COc1ccccc1NS(=O)(=O)c1ccc(OC)c(NS(=O)(=O)c2ccc(C)cc2C)c1. The van der Waals surface area contributed by atoms with Crippen LogP contribution in [0.5, 0.6) is 11.5 Å². The van der Waals surface area contributed by atoms with Crippen LogP contribution in [0.3, 0.4) is 0 Å². The largest absolute Gasteiger partial charge is 0.495 e. The van der Waals surface area contributed by atoms with Crippen LogP contribution in [0.15, 0.2) is 70.5 Å². The Bertz CT molecular complexity index is 1350. The molecule has 0 spiro atoms. The first kappa shape index (κ1) is 23.4. The van der Waals surface area contributed by atoms with E-state index >= 15 is 0 Å². The van der Waals surface area contributed by atoms with E-state index in [1.807, 2.05) is 6.92 Å². The van der Waals surface area contributed by atoms with Gasteiger partial charge >= 0.3 is 0 Å². The zero-order chi connectivity index (χ0) is 23.5. The maximum absolute atomic E-state index is 13.0. The third kappa shape index (κ3) is 4.97. The summed E-state index contributed by atoms with van der Waals surface area (Å²) < 4.78 is 67.2. The maximum atomic E-state index is 13.0. The van der Waals surface area contributed by atoms with Gasteiger partial charge in [0.1, 0.15) is 11.5 Å². The summed E-state index contributed by atoms with van der Waals surface area (Å²) in [6.07, 6.45) is 0. The van der Waals surface area contributed by atoms with Gasteiger partial charge in [0.2, 0.25) is 0 Å². The molecule has 0 heterocycles. The molecule has 10 heteroatoms. The van der Waals surface area contributed by atoms with E-state index in [1.54, 1.807) is 43.3 Å². The lowest BCUT2D eigenvalue weighted by molar-refractivity contribution is 0.416. The van der Waals surface area contributed by atoms with Gasteiger partial charge < -0.3 is 9.47 Å². The molecule has 3 aromatic rings. The standard InChI is InChI=1S/C22H24N2O6S2/c1-15-9-12-22(16(2)13-15)32(27,28)24-19-14-17(10-11-21(19)30-4)31(25,26)23-18-7-5-6-8-20(18)29-3/h5-14,23-24H,1-4H3. The number of sulfonamides is 2. The molecule has 0 aliphatic heterocycles. The Morgan fingerprint density at radius 2 is 1.31 bits per heavy atom. The summed E-state index contributed by atoms with van der Waals surface area (Å²) in [7, 11) is -5.24. The van der Waals surface area contributed by atoms with Crippen LogP contribution in [0.1, 0.15) is 11.1 Å². The van der Waals surface area contributed by atoms with Crippen molar-refractivity contribution in [2.45, 2.75) is 23.6 Å². The van der Waals surface area contributed by atoms with E-state index in [9.17, 15) is 16.8 Å². The van der Waals surface area contributed by atoms with Gasteiger partial charge in [0.25, 0.3) is 20.0 Å². The van der Waals surface area contributed by atoms with Crippen LogP contribution in [-0.4, -0.2) is 31.1 Å². The predicted molar refractivity (Wildman–Crippen MR) is 124 cm³/mol. The van der Waals surface area contributed by atoms with Crippen molar-refractivity contribution >= 4 is 31.4 Å². The average Bonchev–Trinajstić information content (AvgIpc) is 2.73. The van der Waals surface area contributed by atoms with Crippen molar-refractivity contribution in [3.63, 3.8) is 0 Å². The second-order valence-corrected chi connectivity index (χ2v) is 10.4. The van der Waals surface area contributed by atoms with Crippen LogP contribution >= 0.6 is 0 Å². The van der Waals surface area contributed by atoms with Crippen LogP contribution in [-0.2, 0) is 20.0 Å². The summed E-state index contributed by atoms with van der Waals surface area (Å²) in [4.78, 5) is -0.0619. The highest BCUT2D eigenvalue weighted by molar-refractivity contribution is 7.93. The fourth-order valence-corrected chi connectivity index (χ4v) is 5.55. The van der Waals surface area contributed by atoms with Crippen LogP contribution in [0.25, 0.3) is 0 Å². The topological polar surface area (TPSA) is 111 Å². The molecular weight excluding hydrogens is 452 g/mol. The summed E-state index contributed by atoms with van der Waals surface area (Å²) in [6.45, 7) is 3.56. The molecule has 2 N–H and O–H groups in total. The van der Waals surface area contributed by atoms with E-state index in [0.717, 1.165) is 5.56 Å². The molecule has 170 valence electrons. The number of aryl methyl sites for hydroxylation is 2. The van der Waals surface area contributed by atoms with Gasteiger partial charge in [-0.15, -0.1) is 0 Å². The molecular formula is C22H24N2O6S2. The Labute approximate surface area is 188 Å². The Kier molecular flexibility index (Phi) is 6.65. The van der Waals surface area contributed by atoms with E-state index in [4.69, 9.17) is 9.47 Å². The highest BCUT2D eigenvalue weighted by atomic mass is 32.2. The Balaban J connectivity index is 2.00. The Morgan fingerprint density at radius 1 is 0.688 bits per heavy atom. The number of anilines is 2. The molecule has 0 saturated heterocycles. The molecule has 0 saturated carbocycles. The van der Waals surface area contributed by atoms with Crippen molar-refractivity contribution < 1.29 is 26.3 Å². The lowest BCUT2D eigenvalue weighted by Crippen LogP contribution is -2.17. The van der Waals surface area contributed by atoms with Gasteiger partial charge in [-0.1, -0.05) is 29.8 Å². The van der Waals surface area contributed by atoms with Gasteiger partial charge in [-0.3, -0.25) is 9.44 Å². The zero-order valence-electron chi connectivity index (χ0n) is 18.0. The molecule has 0 atom stereocenters. The highest BCUT2D eigenvalue weighted by Crippen LogP contribution is 2.32. The highest BCUT2D eigenvalue weighted by Gasteiger charge is 2.22. The second kappa shape index (κ2) is 9.09. The lowest BCUT2D eigenvalue weighted by Gasteiger charge is -2.16. The second-order valence-electron chi connectivity index (χ2n) is 7.04. The monoisotopic (exact) mass is 476 g/mol. The molecule has 0 bridgehead atoms. The summed E-state index contributed by atoms with van der Waals surface area (Å²) in [5, 5.41) is 0. The van der Waals surface area contributed by atoms with E-state index < -0.39 is 20.0 Å². The van der Waals surface area contributed by atoms with Crippen LogP contribution < -0.4 is 18.9 Å². The quantitative estimate of drug-likeness (QED) is 0.510. The molecule has 0 unspecified atom stereocenters. The van der Waals surface area contributed by atoms with Gasteiger partial charge in [0, 0.05) is 0 Å². The molecule has 32 heavy (non-hydrogen) atoms. The number of nitrogens with one attached hydrogen (secondary N) is 2. The van der Waals surface area contributed by atoms with Gasteiger partial charge in [-0.25, -0.2) is 16.8 Å². The smallest absolute Gasteiger partial charge is 0.262 e. The van der Waals surface area contributed by atoms with Crippen molar-refractivity contribution in [1.82, 2.24) is 0 Å². The number of hydrogen-bond acceptors (Lipinski definition) is 6. The minimum atomic E-state index is -4.05. The molecule has 0 fully saturated rings. The molecule has 3 rings (SSSR count). The third-order valence-electron chi connectivity index (χ3n) is 4.70. The first-order chi connectivity index (χ1) is 15.1. The zero-order valence-corrected chi connectivity index (χ0v) is 19.7. The summed E-state index contributed by atoms with van der Waals surface area (Å²) >= 11 is 0. The number of hydrogen-bond donors (Lipinski definition) is 2. The minimum absolute atomic E-state index is 0.00428. The molecule has 0 amide bonds. The van der Waals surface area contributed by atoms with Gasteiger partial charge in [0.05, 0.1) is 35.4 Å². The average molecular weight is 477 g/mol. The van der Waals surface area contributed by atoms with Gasteiger partial charge in [-0.05, 0) is 55.8 Å². The fraction of sp³-hybridized carbons (Fsp3) is 0.182. The molecule has 0 radical (unpaired) electrons. The van der Waals surface area contributed by atoms with Gasteiger partial charge in [-0.2, -0.15) is 0 Å². The molecule has 0 aliphatic rings. The van der Waals surface area contributed by atoms with E-state index in [0.29, 0.717) is 11.3 Å². The van der Waals surface area contributed by atoms with E-state index in [1.165, 1.54) is 38.5 Å². The van der Waals surface area contributed by atoms with Crippen molar-refractivity contribution in [1.29, 1.82) is 0 Å². The summed E-state index contributed by atoms with van der Waals surface area (Å²) in [5.41, 5.74) is 1.74. The predicted octanol–water partition coefficient (Wildman–Crippen LogP) is 3.92. The third-order valence-corrected chi connectivity index (χ3v) is 7.59. The van der Waals surface area contributed by atoms with Crippen LogP contribution in [0, 0.1) is 13.8 Å². The minimum Gasteiger partial charge on any atom is -0.495 e. The first-order valence-corrected chi connectivity index (χ1v) is 12.5. The van der Waals surface area contributed by atoms with Crippen LogP contribution in [0.4, 0.5) is 11.4 Å². The molecule has 0 aromatic heterocycles. The molecule has 8 nitrogen and oxygen atoms in total. The summed E-state index contributed by atoms with van der Waals surface area (Å²) in [5.74, 6) is 0.523. The van der Waals surface area contributed by atoms with E-state index in [-0.39, 0.29) is 26.9 Å². The lowest BCUT2D eigenvalue weighted by atomic mass is 10.2. The molecule has 3 aromatic carbocycles. The normalized spacial score (nSPS) is 11.6. The summed E-state index contributed by atoms with van der Waals surface area (Å²) in [6, 6.07) is 15.4. The number of benzene rings is 3. The number of methoxy groups -OCH3 is 2. The number of rotatable bonds is 8.